The van der Waals surface area contributed by atoms with Crippen LogP contribution in [0.15, 0.2) is 249 Å². The van der Waals surface area contributed by atoms with Crippen molar-refractivity contribution in [2.24, 2.45) is 0 Å². The zero-order valence-electron chi connectivity index (χ0n) is 57.1. The summed E-state index contributed by atoms with van der Waals surface area (Å²) in [5, 5.41) is 42.6. The van der Waals surface area contributed by atoms with E-state index in [0.717, 1.165) is 102 Å². The molecule has 2 aromatic heterocycles. The largest absolute Gasteiger partial charge is 0.399 e. The molecule has 0 fully saturated rings. The van der Waals surface area contributed by atoms with Gasteiger partial charge >= 0.3 is 5.69 Å². The number of fused-ring (bicyclic) bond motifs is 2. The molecular formula is C78H60BBr2F15N13O4. The summed E-state index contributed by atoms with van der Waals surface area (Å²) in [5.41, 5.74) is 23.0. The van der Waals surface area contributed by atoms with Gasteiger partial charge in [-0.25, -0.2) is 66.4 Å². The van der Waals surface area contributed by atoms with Crippen LogP contribution in [0.25, 0.3) is 33.4 Å². The molecule has 0 aliphatic rings. The molecule has 113 heavy (non-hydrogen) atoms. The molecule has 17 nitrogen and oxygen atoms in total. The van der Waals surface area contributed by atoms with Gasteiger partial charge in [0.2, 0.25) is 17.4 Å². The second-order valence-corrected chi connectivity index (χ2v) is 23.1. The van der Waals surface area contributed by atoms with Crippen molar-refractivity contribution in [2.75, 3.05) is 27.8 Å². The molecule has 9 N–H and O–H groups in total. The van der Waals surface area contributed by atoms with Gasteiger partial charge in [0.05, 0.1) is 61.2 Å². The number of nitrogens with zero attached hydrogens (tertiary/aromatic N) is 7. The maximum atomic E-state index is 13.7. The molecule has 0 unspecified atom stereocenters. The predicted molar refractivity (Wildman–Crippen MR) is 413 cm³/mol. The lowest BCUT2D eigenvalue weighted by molar-refractivity contribution is -0.387. The number of nitriles is 1. The minimum absolute atomic E-state index is 0. The Labute approximate surface area is 653 Å². The number of nitro benzene ring substituents is 2. The van der Waals surface area contributed by atoms with Crippen LogP contribution < -0.4 is 33.5 Å². The molecule has 3 radical (unpaired) electrons. The minimum atomic E-state index is -1.02. The van der Waals surface area contributed by atoms with E-state index in [-0.39, 0.29) is 58.1 Å². The van der Waals surface area contributed by atoms with Crippen LogP contribution in [0.4, 0.5) is 117 Å². The zero-order valence-corrected chi connectivity index (χ0v) is 60.3. The third-order valence-electron chi connectivity index (χ3n) is 14.7. The second kappa shape index (κ2) is 43.1. The van der Waals surface area contributed by atoms with E-state index in [1.165, 1.54) is 83.4 Å². The van der Waals surface area contributed by atoms with Gasteiger partial charge in [-0.05, 0) is 151 Å². The van der Waals surface area contributed by atoms with Crippen LogP contribution >= 0.6 is 31.9 Å². The summed E-state index contributed by atoms with van der Waals surface area (Å²) in [6.07, 6.45) is 0. The Bertz CT molecular complexity index is 5730. The minimum Gasteiger partial charge on any atom is -0.399 e. The summed E-state index contributed by atoms with van der Waals surface area (Å²) < 4.78 is 197. The van der Waals surface area contributed by atoms with Crippen molar-refractivity contribution >= 4 is 114 Å². The molecule has 12 aromatic carbocycles. The monoisotopic (exact) mass is 1700 g/mol. The normalized spacial score (nSPS) is 10.0. The Morgan fingerprint density at radius 2 is 0.814 bits per heavy atom. The number of aromatic nitrogens is 4. The average Bonchev–Trinajstić information content (AvgIpc) is 1.61. The maximum Gasteiger partial charge on any atom is 0.304 e. The van der Waals surface area contributed by atoms with Gasteiger partial charge in [0, 0.05) is 84.6 Å². The van der Waals surface area contributed by atoms with Crippen molar-refractivity contribution in [3.05, 3.63) is 373 Å². The molecule has 35 heteroatoms. The Kier molecular flexibility index (Phi) is 34.5. The van der Waals surface area contributed by atoms with E-state index >= 15 is 0 Å². The predicted octanol–water partition coefficient (Wildman–Crippen LogP) is 21.8. The van der Waals surface area contributed by atoms with Gasteiger partial charge in [-0.1, -0.05) is 96.2 Å². The van der Waals surface area contributed by atoms with Crippen molar-refractivity contribution in [3.8, 4) is 16.4 Å². The number of para-hydroxylation sites is 9. The molecule has 0 saturated carbocycles. The Hall–Kier alpha value is -13.4. The first kappa shape index (κ1) is 90.3. The molecule has 2 heterocycles. The van der Waals surface area contributed by atoms with Crippen LogP contribution in [0, 0.1) is 123 Å². The highest BCUT2D eigenvalue weighted by Gasteiger charge is 2.18. The van der Waals surface area contributed by atoms with Gasteiger partial charge in [0.15, 0.2) is 81.4 Å². The number of imidazole rings is 2. The third kappa shape index (κ3) is 25.4. The molecule has 583 valence electrons. The van der Waals surface area contributed by atoms with Gasteiger partial charge < -0.3 is 32.4 Å². The van der Waals surface area contributed by atoms with E-state index in [9.17, 15) is 86.1 Å². The van der Waals surface area contributed by atoms with Crippen LogP contribution in [0.3, 0.4) is 0 Å². The highest BCUT2D eigenvalue weighted by atomic mass is 79.9. The fraction of sp³-hybridized carbons (Fsp3) is 0.0385. The number of nitrogens with one attached hydrogen (secondary N) is 3. The summed E-state index contributed by atoms with van der Waals surface area (Å²) in [4.78, 5) is 25.2. The maximum absolute atomic E-state index is 13.7. The van der Waals surface area contributed by atoms with Crippen LogP contribution in [-0.4, -0.2) is 36.9 Å². The Balaban J connectivity index is 0.000000286. The van der Waals surface area contributed by atoms with E-state index in [2.05, 4.69) is 47.5 Å². The third-order valence-corrected chi connectivity index (χ3v) is 15.4. The number of hydrogen-bond acceptors (Lipinski definition) is 12. The molecule has 14 rings (SSSR count). The van der Waals surface area contributed by atoms with Crippen molar-refractivity contribution in [2.45, 2.75) is 19.3 Å². The first-order valence-corrected chi connectivity index (χ1v) is 33.3. The van der Waals surface area contributed by atoms with Crippen LogP contribution in [0.5, 0.6) is 0 Å². The van der Waals surface area contributed by atoms with Crippen molar-refractivity contribution < 1.29 is 77.1 Å². The topological polar surface area (TPSA) is 264 Å². The number of nitrogen functional groups attached to an aromatic ring is 3. The number of alkyl halides is 1. The fourth-order valence-corrected chi connectivity index (χ4v) is 9.93. The summed E-state index contributed by atoms with van der Waals surface area (Å²) in [5.74, 6) is -13.4. The summed E-state index contributed by atoms with van der Waals surface area (Å²) in [7, 11) is 0. The van der Waals surface area contributed by atoms with Gasteiger partial charge in [-0.2, -0.15) is 9.65 Å². The van der Waals surface area contributed by atoms with Crippen LogP contribution in [0.2, 0.25) is 0 Å². The first-order chi connectivity index (χ1) is 52.9. The average molecular weight is 1700 g/mol. The molecule has 0 amide bonds. The van der Waals surface area contributed by atoms with Crippen molar-refractivity contribution in [3.63, 3.8) is 0 Å². The molecule has 14 aromatic rings. The van der Waals surface area contributed by atoms with E-state index in [1.807, 2.05) is 24.3 Å². The molecule has 0 bridgehead atoms. The molecular weight excluding hydrogens is 1640 g/mol. The van der Waals surface area contributed by atoms with Crippen molar-refractivity contribution in [1.29, 1.82) is 10.7 Å². The number of hydrogen-bond donors (Lipinski definition) is 6. The second-order valence-electron chi connectivity index (χ2n) is 22.2. The standard InChI is InChI=1S/C20H13F4N3.C13H9F2N3.C12H8F2N2O2.C12H10F2N2.C7H5BrF2.C6H5F2N.C6H4FNO2.CBrN.CH4.B.H2/c21-14-7-5-12(9-16(14)23)11-26-18-3-1-2-4-19(18)27(20(26)25)13-6-8-15(22)17(24)10-13;14-9-6-5-8(7-10(9)15)18-12-4-2-1-3-11(12)17-13(18)16;13-9-6-5-8(7-10(9)14)15-11-3-1-2-4-12(11)16(17)18;13-9-6-5-8(7-10(9)14)16-12-4-2-1-3-11(12)15;8-4-5-1-2-6(9)7(10)3-5;7-5-2-1-4(9)3-6(5)8;7-5-3-1-2-4-6(5)8(9)10;2-1-3;;;/h1-10,25H,11H2;1-7H,(H2,16,17);1-7,15H;1-7,16H,15H2;1-3H,4H2;1-3H,9H2;1-4H;;1H4;;1H/i;;;;;;;;;;1+1. The number of halogens is 17. The number of nitrogens with two attached hydrogens (primary N) is 3. The Morgan fingerprint density at radius 1 is 0.434 bits per heavy atom. The number of benzene rings is 12. The summed E-state index contributed by atoms with van der Waals surface area (Å²) in [6.45, 7) is 0.118. The van der Waals surface area contributed by atoms with E-state index in [1.54, 1.807) is 68.7 Å². The Morgan fingerprint density at radius 3 is 1.27 bits per heavy atom. The van der Waals surface area contributed by atoms with E-state index < -0.39 is 103 Å². The highest BCUT2D eigenvalue weighted by molar-refractivity contribution is 9.12. The van der Waals surface area contributed by atoms with Crippen LogP contribution in [0.1, 0.15) is 20.0 Å². The van der Waals surface area contributed by atoms with Crippen molar-refractivity contribution in [1.82, 2.24) is 18.7 Å². The van der Waals surface area contributed by atoms with E-state index in [0.29, 0.717) is 55.9 Å². The quantitative estimate of drug-likeness (QED) is 0.0177. The van der Waals surface area contributed by atoms with Gasteiger partial charge in [0.1, 0.15) is 10.7 Å². The highest BCUT2D eigenvalue weighted by Crippen LogP contribution is 2.30. The SMILES string of the molecule is C.Fc1ccc(CBr)cc1F.N#CBr.N=c1n(Cc2ccc(F)c(F)c2)c2ccccc2n1-c1ccc(F)c(F)c1.Nc1ccc(F)c(F)c1.Nc1ccccc1Nc1ccc(F)c(F)c1.Nc1nc2ccccc2n1-c1ccc(F)c(F)c1.O=[N+]([O-])c1ccccc1F.O=[N+]([O-])c1ccccc1Nc1ccc(F)c(F)c1.[2HH].[B]. The summed E-state index contributed by atoms with van der Waals surface area (Å²) >= 11 is 5.58. The molecule has 0 atom stereocenters. The number of nitro groups is 2. The first-order valence-electron chi connectivity index (χ1n) is 31.4. The van der Waals surface area contributed by atoms with Gasteiger partial charge in [0.25, 0.3) is 5.69 Å². The van der Waals surface area contributed by atoms with Gasteiger partial charge in [-0.3, -0.25) is 34.8 Å². The van der Waals surface area contributed by atoms with E-state index in [4.69, 9.17) is 27.9 Å². The van der Waals surface area contributed by atoms with Gasteiger partial charge in [-0.15, -0.1) is 0 Å². The molecule has 0 aliphatic carbocycles. The smallest absolute Gasteiger partial charge is 0.304 e. The molecule has 0 spiro atoms. The fourth-order valence-electron chi connectivity index (χ4n) is 9.58. The summed E-state index contributed by atoms with van der Waals surface area (Å²) in [6, 6.07) is 56.8. The van der Waals surface area contributed by atoms with Crippen LogP contribution in [-0.2, 0) is 11.9 Å². The number of rotatable bonds is 11. The molecule has 0 saturated heterocycles. The lowest BCUT2D eigenvalue weighted by Gasteiger charge is -2.08. The lowest BCUT2D eigenvalue weighted by atomic mass is 10.2. The number of anilines is 7. The molecule has 0 aliphatic heterocycles. The lowest BCUT2D eigenvalue weighted by Crippen LogP contribution is -2.24. The zero-order chi connectivity index (χ0) is 81.2.